The van der Waals surface area contributed by atoms with Crippen molar-refractivity contribution in [1.82, 2.24) is 24.7 Å². The smallest absolute Gasteiger partial charge is 0.226 e. The molecule has 9 nitrogen and oxygen atoms in total. The average molecular weight is 441 g/mol. The van der Waals surface area contributed by atoms with Gasteiger partial charge in [-0.1, -0.05) is 12.1 Å². The van der Waals surface area contributed by atoms with Crippen LogP contribution in [0.2, 0.25) is 5.28 Å². The van der Waals surface area contributed by atoms with Gasteiger partial charge in [0.25, 0.3) is 0 Å². The number of halogens is 1. The number of hydrogen-bond donors (Lipinski definition) is 1. The molecule has 160 valence electrons. The van der Waals surface area contributed by atoms with E-state index in [2.05, 4.69) is 20.3 Å². The van der Waals surface area contributed by atoms with Gasteiger partial charge in [0.2, 0.25) is 5.28 Å². The van der Waals surface area contributed by atoms with Gasteiger partial charge in [0.1, 0.15) is 17.3 Å². The zero-order chi connectivity index (χ0) is 21.2. The van der Waals surface area contributed by atoms with Gasteiger partial charge in [-0.05, 0) is 42.1 Å². The summed E-state index contributed by atoms with van der Waals surface area (Å²) in [5, 5.41) is 9.21. The number of nitrogens with one attached hydrogen (secondary N) is 1. The van der Waals surface area contributed by atoms with E-state index >= 15 is 0 Å². The van der Waals surface area contributed by atoms with Crippen molar-refractivity contribution in [2.75, 3.05) is 25.6 Å². The van der Waals surface area contributed by atoms with Crippen molar-refractivity contribution in [3.05, 3.63) is 47.7 Å². The van der Waals surface area contributed by atoms with Crippen molar-refractivity contribution in [2.24, 2.45) is 0 Å². The van der Waals surface area contributed by atoms with Crippen molar-refractivity contribution in [3.8, 4) is 17.2 Å². The first-order valence-electron chi connectivity index (χ1n) is 10.0. The Bertz CT molecular complexity index is 1170. The molecule has 31 heavy (non-hydrogen) atoms. The van der Waals surface area contributed by atoms with E-state index < -0.39 is 0 Å². The number of fused-ring (bicyclic) bond motifs is 1. The van der Waals surface area contributed by atoms with E-state index in [1.165, 1.54) is 6.39 Å². The van der Waals surface area contributed by atoms with Crippen LogP contribution >= 0.6 is 11.6 Å². The van der Waals surface area contributed by atoms with Crippen LogP contribution in [-0.4, -0.2) is 51.1 Å². The van der Waals surface area contributed by atoms with Gasteiger partial charge in [-0.2, -0.15) is 15.1 Å². The van der Waals surface area contributed by atoms with Crippen LogP contribution < -0.4 is 10.1 Å². The van der Waals surface area contributed by atoms with E-state index in [1.54, 1.807) is 18.0 Å². The van der Waals surface area contributed by atoms with Crippen LogP contribution in [0.15, 0.2) is 41.3 Å². The highest BCUT2D eigenvalue weighted by atomic mass is 35.5. The van der Waals surface area contributed by atoms with E-state index in [4.69, 9.17) is 30.6 Å². The molecule has 10 heteroatoms. The van der Waals surface area contributed by atoms with E-state index in [-0.39, 0.29) is 11.3 Å². The zero-order valence-electron chi connectivity index (χ0n) is 16.9. The van der Waals surface area contributed by atoms with Gasteiger partial charge in [-0.3, -0.25) is 0 Å². The fourth-order valence-corrected chi connectivity index (χ4v) is 3.87. The Morgan fingerprint density at radius 1 is 1.19 bits per heavy atom. The first kappa shape index (κ1) is 19.8. The fraction of sp³-hybridized carbons (Fsp3) is 0.333. The molecule has 0 aliphatic carbocycles. The standard InChI is InChI=1S/C21H21ClN6O3/c1-29-15-4-2-13(3-5-15)11-28-20-17(18(27-28)16-10-23-12-31-16)19(25-21(22)26-20)24-14-6-8-30-9-7-14/h2-5,10,12,14H,6-9,11H2,1H3,(H,24,25,26). The number of rotatable bonds is 6. The van der Waals surface area contributed by atoms with Gasteiger partial charge < -0.3 is 19.2 Å². The zero-order valence-corrected chi connectivity index (χ0v) is 17.7. The molecule has 0 spiro atoms. The number of oxazole rings is 1. The van der Waals surface area contributed by atoms with E-state index in [0.29, 0.717) is 42.7 Å². The Morgan fingerprint density at radius 3 is 2.71 bits per heavy atom. The summed E-state index contributed by atoms with van der Waals surface area (Å²) in [7, 11) is 1.64. The number of methoxy groups -OCH3 is 1. The minimum atomic E-state index is 0.155. The molecule has 1 saturated heterocycles. The van der Waals surface area contributed by atoms with Gasteiger partial charge in [0.05, 0.1) is 25.2 Å². The second kappa shape index (κ2) is 8.52. The molecule has 3 aromatic heterocycles. The molecule has 0 bridgehead atoms. The molecule has 0 radical (unpaired) electrons. The summed E-state index contributed by atoms with van der Waals surface area (Å²) in [6.07, 6.45) is 4.79. The van der Waals surface area contributed by atoms with Gasteiger partial charge in [-0.15, -0.1) is 0 Å². The summed E-state index contributed by atoms with van der Waals surface area (Å²) in [5.41, 5.74) is 2.28. The third-order valence-corrected chi connectivity index (χ3v) is 5.45. The lowest BCUT2D eigenvalue weighted by atomic mass is 10.1. The maximum atomic E-state index is 6.31. The van der Waals surface area contributed by atoms with Crippen molar-refractivity contribution < 1.29 is 13.9 Å². The first-order chi connectivity index (χ1) is 15.2. The average Bonchev–Trinajstić information content (AvgIpc) is 3.44. The lowest BCUT2D eigenvalue weighted by molar-refractivity contribution is 0.0904. The van der Waals surface area contributed by atoms with Crippen LogP contribution in [-0.2, 0) is 11.3 Å². The fourth-order valence-electron chi connectivity index (χ4n) is 3.70. The summed E-state index contributed by atoms with van der Waals surface area (Å²) < 4.78 is 18.1. The van der Waals surface area contributed by atoms with Crippen LogP contribution in [0, 0.1) is 0 Å². The summed E-state index contributed by atoms with van der Waals surface area (Å²) in [4.78, 5) is 13.0. The highest BCUT2D eigenvalue weighted by molar-refractivity contribution is 6.29. The molecule has 1 aliphatic heterocycles. The highest BCUT2D eigenvalue weighted by Crippen LogP contribution is 2.34. The van der Waals surface area contributed by atoms with Gasteiger partial charge in [0, 0.05) is 19.3 Å². The number of anilines is 1. The van der Waals surface area contributed by atoms with Crippen molar-refractivity contribution >= 4 is 28.5 Å². The number of aromatic nitrogens is 5. The van der Waals surface area contributed by atoms with Crippen LogP contribution in [0.1, 0.15) is 18.4 Å². The second-order valence-electron chi connectivity index (χ2n) is 7.29. The molecule has 4 aromatic rings. The highest BCUT2D eigenvalue weighted by Gasteiger charge is 2.24. The molecule has 0 unspecified atom stereocenters. The van der Waals surface area contributed by atoms with Crippen molar-refractivity contribution in [2.45, 2.75) is 25.4 Å². The quantitative estimate of drug-likeness (QED) is 0.452. The minimum absolute atomic E-state index is 0.155. The van der Waals surface area contributed by atoms with E-state index in [9.17, 15) is 0 Å². The lowest BCUT2D eigenvalue weighted by Crippen LogP contribution is -2.28. The molecule has 0 saturated carbocycles. The Balaban J connectivity index is 1.60. The van der Waals surface area contributed by atoms with Gasteiger partial charge in [-0.25, -0.2) is 9.67 Å². The molecule has 1 aromatic carbocycles. The van der Waals surface area contributed by atoms with E-state index in [1.807, 2.05) is 24.3 Å². The Morgan fingerprint density at radius 2 is 2.00 bits per heavy atom. The molecule has 0 atom stereocenters. The first-order valence-corrected chi connectivity index (χ1v) is 10.4. The van der Waals surface area contributed by atoms with Crippen LogP contribution in [0.5, 0.6) is 5.75 Å². The van der Waals surface area contributed by atoms with Gasteiger partial charge in [0.15, 0.2) is 17.8 Å². The number of nitrogens with zero attached hydrogens (tertiary/aromatic N) is 5. The third-order valence-electron chi connectivity index (χ3n) is 5.28. The molecule has 1 N–H and O–H groups in total. The maximum absolute atomic E-state index is 6.31. The predicted octanol–water partition coefficient (Wildman–Crippen LogP) is 3.78. The largest absolute Gasteiger partial charge is 0.497 e. The monoisotopic (exact) mass is 440 g/mol. The predicted molar refractivity (Wildman–Crippen MR) is 115 cm³/mol. The second-order valence-corrected chi connectivity index (χ2v) is 7.63. The molecule has 1 fully saturated rings. The van der Waals surface area contributed by atoms with Crippen LogP contribution in [0.4, 0.5) is 5.82 Å². The number of benzene rings is 1. The molecule has 4 heterocycles. The summed E-state index contributed by atoms with van der Waals surface area (Å²) >= 11 is 6.31. The SMILES string of the molecule is COc1ccc(Cn2nc(-c3cnco3)c3c(NC4CCOCC4)nc(Cl)nc32)cc1. The Hall–Kier alpha value is -3.17. The molecule has 0 amide bonds. The third kappa shape index (κ3) is 4.06. The van der Waals surface area contributed by atoms with Gasteiger partial charge >= 0.3 is 0 Å². The molecular formula is C21H21ClN6O3. The number of ether oxygens (including phenoxy) is 2. The maximum Gasteiger partial charge on any atom is 0.226 e. The van der Waals surface area contributed by atoms with Crippen molar-refractivity contribution in [3.63, 3.8) is 0 Å². The van der Waals surface area contributed by atoms with Crippen LogP contribution in [0.3, 0.4) is 0 Å². The topological polar surface area (TPSA) is 100 Å². The molecule has 1 aliphatic rings. The van der Waals surface area contributed by atoms with E-state index in [0.717, 1.165) is 29.5 Å². The normalized spacial score (nSPS) is 14.8. The Kier molecular flexibility index (Phi) is 5.44. The number of hydrogen-bond acceptors (Lipinski definition) is 8. The Labute approximate surface area is 183 Å². The van der Waals surface area contributed by atoms with Crippen LogP contribution in [0.25, 0.3) is 22.5 Å². The lowest BCUT2D eigenvalue weighted by Gasteiger charge is -2.23. The summed E-state index contributed by atoms with van der Waals surface area (Å²) in [6.45, 7) is 1.93. The van der Waals surface area contributed by atoms with Crippen molar-refractivity contribution in [1.29, 1.82) is 0 Å². The molecule has 5 rings (SSSR count). The summed E-state index contributed by atoms with van der Waals surface area (Å²) in [6, 6.07) is 8.04. The minimum Gasteiger partial charge on any atom is -0.497 e. The summed E-state index contributed by atoms with van der Waals surface area (Å²) in [5.74, 6) is 1.97. The molecular weight excluding hydrogens is 420 g/mol.